The van der Waals surface area contributed by atoms with Gasteiger partial charge in [-0.2, -0.15) is 0 Å². The highest BCUT2D eigenvalue weighted by molar-refractivity contribution is 4.71. The molecule has 0 saturated carbocycles. The van der Waals surface area contributed by atoms with E-state index < -0.39 is 5.41 Å². The molecule has 5 radical (unpaired) electrons. The molecule has 0 aromatic carbocycles. The summed E-state index contributed by atoms with van der Waals surface area (Å²) < 4.78 is 0. The van der Waals surface area contributed by atoms with Gasteiger partial charge in [0.2, 0.25) is 0 Å². The van der Waals surface area contributed by atoms with Gasteiger partial charge in [0, 0.05) is 0 Å². The van der Waals surface area contributed by atoms with Crippen LogP contribution in [0.25, 0.3) is 0 Å². The normalized spacial score (nSPS) is 12.0. The second-order valence-corrected chi connectivity index (χ2v) is 1.72. The van der Waals surface area contributed by atoms with Gasteiger partial charge in [0.15, 0.2) is 0 Å². The highest BCUT2D eigenvalue weighted by Crippen LogP contribution is 2.06. The highest BCUT2D eigenvalue weighted by Gasteiger charge is 1.97. The molecule has 0 heterocycles. The van der Waals surface area contributed by atoms with Crippen LogP contribution in [-0.2, 0) is 0 Å². The molecule has 0 bridgehead atoms. The van der Waals surface area contributed by atoms with Crippen molar-refractivity contribution in [2.24, 2.45) is 5.41 Å². The smallest absolute Gasteiger partial charge is 0.00227 e. The Morgan fingerprint density at radius 2 is 1.60 bits per heavy atom. The van der Waals surface area contributed by atoms with E-state index in [4.69, 9.17) is 13.8 Å². The van der Waals surface area contributed by atoms with Gasteiger partial charge >= 0.3 is 0 Å². The van der Waals surface area contributed by atoms with E-state index in [1.807, 2.05) is 0 Å². The van der Waals surface area contributed by atoms with Crippen molar-refractivity contribution in [2.45, 2.75) is 13.8 Å². The van der Waals surface area contributed by atoms with Crippen molar-refractivity contribution < 1.29 is 0 Å². The van der Waals surface area contributed by atoms with Crippen LogP contribution in [-0.4, -0.2) is 0 Å². The fourth-order valence-electron chi connectivity index (χ4n) is 0. The van der Waals surface area contributed by atoms with E-state index in [0.29, 0.717) is 0 Å². The zero-order chi connectivity index (χ0) is 4.50. The first-order chi connectivity index (χ1) is 2.00. The quantitative estimate of drug-likeness (QED) is 0.400. The average molecular weight is 67.1 g/mol. The first kappa shape index (κ1) is 5.00. The lowest BCUT2D eigenvalue weighted by Crippen LogP contribution is -1.94. The fourth-order valence-corrected chi connectivity index (χ4v) is 0. The van der Waals surface area contributed by atoms with E-state index in [9.17, 15) is 0 Å². The van der Waals surface area contributed by atoms with Crippen LogP contribution in [0.2, 0.25) is 0 Å². The Hall–Kier alpha value is 0. The van der Waals surface area contributed by atoms with Gasteiger partial charge in [-0.1, -0.05) is 13.8 Å². The maximum absolute atomic E-state index is 6.72. The van der Waals surface area contributed by atoms with Gasteiger partial charge in [-0.15, -0.1) is 0 Å². The van der Waals surface area contributed by atoms with Crippen LogP contribution in [0.3, 0.4) is 0 Å². The van der Waals surface area contributed by atoms with Crippen molar-refractivity contribution in [3.63, 3.8) is 0 Å². The van der Waals surface area contributed by atoms with E-state index in [0.717, 1.165) is 0 Å². The monoisotopic (exact) mass is 67.1 g/mol. The molecule has 27 valence electrons. The van der Waals surface area contributed by atoms with Crippen LogP contribution in [0.5, 0.6) is 0 Å². The lowest BCUT2D eigenvalue weighted by molar-refractivity contribution is 0.615. The molecule has 0 atom stereocenters. The summed E-state index contributed by atoms with van der Waals surface area (Å²) in [6, 6.07) is 0. The van der Waals surface area contributed by atoms with Gasteiger partial charge in [-0.05, 0) is 19.3 Å². The summed E-state index contributed by atoms with van der Waals surface area (Å²) >= 11 is 0. The predicted molar refractivity (Wildman–Crippen MR) is 21.3 cm³/mol. The molecule has 0 aromatic heterocycles. The molecule has 0 fully saturated rings. The largest absolute Gasteiger partial charge is 0.0590 e. The molecule has 0 aromatic rings. The van der Waals surface area contributed by atoms with Gasteiger partial charge in [-0.25, -0.2) is 0 Å². The first-order valence-electron chi connectivity index (χ1n) is 1.54. The molecule has 0 N–H and O–H groups in total. The molecule has 5 heavy (non-hydrogen) atoms. The van der Waals surface area contributed by atoms with E-state index in [1.165, 1.54) is 0 Å². The van der Waals surface area contributed by atoms with Crippen molar-refractivity contribution in [3.8, 4) is 0 Å². The van der Waals surface area contributed by atoms with Crippen LogP contribution in [0.1, 0.15) is 13.8 Å². The Kier molecular flexibility index (Phi) is 1.00. The van der Waals surface area contributed by atoms with Crippen molar-refractivity contribution in [1.29, 1.82) is 0 Å². The topological polar surface area (TPSA) is 0 Å². The van der Waals surface area contributed by atoms with Gasteiger partial charge in [-0.3, -0.25) is 0 Å². The summed E-state index contributed by atoms with van der Waals surface area (Å²) in [4.78, 5) is 0. The van der Waals surface area contributed by atoms with Gasteiger partial charge in [0.1, 0.15) is 0 Å². The van der Waals surface area contributed by atoms with Gasteiger partial charge in [0.25, 0.3) is 0 Å². The van der Waals surface area contributed by atoms with Crippen LogP contribution in [0, 0.1) is 19.3 Å². The lowest BCUT2D eigenvalue weighted by Gasteiger charge is -2.03. The summed E-state index contributed by atoms with van der Waals surface area (Å²) in [5.74, 6) is 0. The molecule has 0 aliphatic carbocycles. The number of hydrogen-bond acceptors (Lipinski definition) is 0. The van der Waals surface area contributed by atoms with Crippen LogP contribution < -0.4 is 0 Å². The predicted octanol–water partition coefficient (Wildman–Crippen LogP) is 1.31. The van der Waals surface area contributed by atoms with Crippen molar-refractivity contribution in [1.82, 2.24) is 0 Å². The minimum absolute atomic E-state index is 0.750. The summed E-state index contributed by atoms with van der Waals surface area (Å²) in [7, 11) is 0. The van der Waals surface area contributed by atoms with Crippen LogP contribution in [0.4, 0.5) is 0 Å². The summed E-state index contributed by atoms with van der Waals surface area (Å²) in [6.07, 6.45) is 0. The number of rotatable bonds is 0. The second-order valence-electron chi connectivity index (χ2n) is 1.72. The zero-order valence-corrected chi connectivity index (χ0v) is 3.58. The van der Waals surface area contributed by atoms with Crippen LogP contribution >= 0.6 is 0 Å². The minimum atomic E-state index is -0.750. The second kappa shape index (κ2) is 1.00. The molecule has 0 amide bonds. The molecule has 0 spiro atoms. The standard InChI is InChI=1S/C5H7/c1-5(2,3)4/h1H,2-3H3. The summed E-state index contributed by atoms with van der Waals surface area (Å²) in [5.41, 5.74) is -0.750. The van der Waals surface area contributed by atoms with E-state index in [1.54, 1.807) is 13.8 Å². The molecular weight excluding hydrogens is 60.1 g/mol. The average Bonchev–Trinajstić information content (AvgIpc) is 0.722. The van der Waals surface area contributed by atoms with Crippen molar-refractivity contribution in [3.05, 3.63) is 13.8 Å². The number of hydrogen-bond donors (Lipinski definition) is 0. The highest BCUT2D eigenvalue weighted by atomic mass is 14.0. The SMILES string of the molecule is [C]C([CH])(C)C. The van der Waals surface area contributed by atoms with Crippen molar-refractivity contribution in [2.75, 3.05) is 0 Å². The lowest BCUT2D eigenvalue weighted by atomic mass is 10.0. The first-order valence-corrected chi connectivity index (χ1v) is 1.54. The molecule has 0 rings (SSSR count). The summed E-state index contributed by atoms with van der Waals surface area (Å²) in [6.45, 7) is 15.0. The van der Waals surface area contributed by atoms with Gasteiger partial charge < -0.3 is 0 Å². The van der Waals surface area contributed by atoms with Crippen molar-refractivity contribution >= 4 is 0 Å². The van der Waals surface area contributed by atoms with Gasteiger partial charge in [0.05, 0.1) is 0 Å². The maximum Gasteiger partial charge on any atom is -0.00227 e. The third-order valence-corrected chi connectivity index (χ3v) is 0. The molecule has 0 heteroatoms. The Morgan fingerprint density at radius 3 is 1.60 bits per heavy atom. The molecule has 0 aliphatic heterocycles. The third-order valence-electron chi connectivity index (χ3n) is 0. The minimum Gasteiger partial charge on any atom is -0.0590 e. The maximum atomic E-state index is 6.72. The van der Waals surface area contributed by atoms with E-state index in [2.05, 4.69) is 0 Å². The zero-order valence-electron chi connectivity index (χ0n) is 3.58. The Balaban J connectivity index is 3.02. The van der Waals surface area contributed by atoms with Crippen LogP contribution in [0.15, 0.2) is 0 Å². The fraction of sp³-hybridized carbons (Fsp3) is 0.600. The summed E-state index contributed by atoms with van der Waals surface area (Å²) in [5, 5.41) is 0. The Bertz CT molecular complexity index is 15.5. The molecule has 0 saturated heterocycles. The van der Waals surface area contributed by atoms with E-state index in [-0.39, 0.29) is 0 Å². The molecule has 0 unspecified atom stereocenters. The molecule has 0 nitrogen and oxygen atoms in total. The Labute approximate surface area is 34.2 Å². The molecular formula is C5H7. The molecule has 0 aliphatic rings. The third kappa shape index (κ3) is 0. The van der Waals surface area contributed by atoms with E-state index >= 15 is 0 Å². The Morgan fingerprint density at radius 1 is 1.60 bits per heavy atom.